The number of rotatable bonds is 6. The minimum absolute atomic E-state index is 0.439. The third-order valence-electron chi connectivity index (χ3n) is 6.52. The van der Waals surface area contributed by atoms with E-state index in [-0.39, 0.29) is 0 Å². The molecule has 8 heteroatoms. The Morgan fingerprint density at radius 1 is 1.26 bits per heavy atom. The smallest absolute Gasteiger partial charge is 0.258 e. The second-order valence-electron chi connectivity index (χ2n) is 8.91. The van der Waals surface area contributed by atoms with E-state index in [1.54, 1.807) is 6.20 Å². The monoisotopic (exact) mass is 376 g/mol. The van der Waals surface area contributed by atoms with Crippen molar-refractivity contribution in [2.45, 2.75) is 51.1 Å². The molecule has 2 atom stereocenters. The summed E-state index contributed by atoms with van der Waals surface area (Å²) in [5, 5.41) is 7.83. The van der Waals surface area contributed by atoms with E-state index < -0.39 is 13.0 Å². The van der Waals surface area contributed by atoms with E-state index >= 15 is 0 Å². The SMILES string of the molecule is C[C@@H]1C[C@H](CNC23CC(C2)C3)CN(c2cnc3cnn(CC(F)F)c3n2)C1. The first kappa shape index (κ1) is 17.3. The second kappa shape index (κ2) is 6.36. The summed E-state index contributed by atoms with van der Waals surface area (Å²) >= 11 is 0. The van der Waals surface area contributed by atoms with E-state index in [0.29, 0.717) is 28.5 Å². The molecule has 6 rings (SSSR count). The predicted octanol–water partition coefficient (Wildman–Crippen LogP) is 2.70. The molecule has 4 fully saturated rings. The molecule has 4 aliphatic rings. The van der Waals surface area contributed by atoms with Crippen LogP contribution in [0, 0.1) is 17.8 Å². The number of anilines is 1. The Labute approximate surface area is 157 Å². The molecule has 3 saturated carbocycles. The Hall–Kier alpha value is -1.83. The molecule has 1 N–H and O–H groups in total. The molecule has 27 heavy (non-hydrogen) atoms. The zero-order chi connectivity index (χ0) is 18.6. The summed E-state index contributed by atoms with van der Waals surface area (Å²) in [6, 6.07) is 0. The van der Waals surface area contributed by atoms with Gasteiger partial charge in [-0.25, -0.2) is 23.4 Å². The molecular weight excluding hydrogens is 350 g/mol. The third-order valence-corrected chi connectivity index (χ3v) is 6.52. The van der Waals surface area contributed by atoms with E-state index in [2.05, 4.69) is 32.2 Å². The van der Waals surface area contributed by atoms with Crippen LogP contribution in [0.4, 0.5) is 14.6 Å². The number of hydrogen-bond donors (Lipinski definition) is 1. The van der Waals surface area contributed by atoms with Crippen molar-refractivity contribution in [2.24, 2.45) is 17.8 Å². The minimum atomic E-state index is -2.46. The molecule has 146 valence electrons. The second-order valence-corrected chi connectivity index (χ2v) is 8.91. The highest BCUT2D eigenvalue weighted by Crippen LogP contribution is 2.56. The van der Waals surface area contributed by atoms with Crippen LogP contribution in [-0.4, -0.2) is 51.3 Å². The molecule has 2 aromatic heterocycles. The fraction of sp³-hybridized carbons (Fsp3) is 0.737. The van der Waals surface area contributed by atoms with Gasteiger partial charge in [-0.05, 0) is 43.4 Å². The molecule has 3 heterocycles. The van der Waals surface area contributed by atoms with Crippen LogP contribution in [0.2, 0.25) is 0 Å². The van der Waals surface area contributed by atoms with Gasteiger partial charge in [0.2, 0.25) is 0 Å². The Morgan fingerprint density at radius 2 is 2.07 bits per heavy atom. The molecule has 0 amide bonds. The van der Waals surface area contributed by atoms with Gasteiger partial charge in [-0.15, -0.1) is 0 Å². The maximum Gasteiger partial charge on any atom is 0.258 e. The van der Waals surface area contributed by atoms with E-state index in [1.807, 2.05) is 0 Å². The lowest BCUT2D eigenvalue weighted by atomic mass is 9.50. The van der Waals surface area contributed by atoms with Gasteiger partial charge in [-0.2, -0.15) is 5.10 Å². The van der Waals surface area contributed by atoms with Gasteiger partial charge in [0.05, 0.1) is 12.4 Å². The van der Waals surface area contributed by atoms with Crippen molar-refractivity contribution < 1.29 is 8.78 Å². The molecular formula is C19H26F2N6. The van der Waals surface area contributed by atoms with Gasteiger partial charge in [0.15, 0.2) is 5.65 Å². The van der Waals surface area contributed by atoms with Crippen LogP contribution in [0.25, 0.3) is 11.2 Å². The minimum Gasteiger partial charge on any atom is -0.355 e. The van der Waals surface area contributed by atoms with Gasteiger partial charge < -0.3 is 10.2 Å². The number of piperidine rings is 1. The lowest BCUT2D eigenvalue weighted by Crippen LogP contribution is -2.67. The lowest BCUT2D eigenvalue weighted by Gasteiger charge is -2.62. The molecule has 0 radical (unpaired) electrons. The van der Waals surface area contributed by atoms with Crippen molar-refractivity contribution in [3.8, 4) is 0 Å². The van der Waals surface area contributed by atoms with Crippen LogP contribution in [0.1, 0.15) is 32.6 Å². The van der Waals surface area contributed by atoms with Gasteiger partial charge in [-0.1, -0.05) is 6.92 Å². The maximum absolute atomic E-state index is 12.8. The molecule has 2 aromatic rings. The van der Waals surface area contributed by atoms with Crippen LogP contribution in [0.3, 0.4) is 0 Å². The number of hydrogen-bond acceptors (Lipinski definition) is 5. The van der Waals surface area contributed by atoms with Gasteiger partial charge >= 0.3 is 0 Å². The van der Waals surface area contributed by atoms with Crippen LogP contribution >= 0.6 is 0 Å². The largest absolute Gasteiger partial charge is 0.355 e. The number of nitrogens with one attached hydrogen (secondary N) is 1. The van der Waals surface area contributed by atoms with Crippen molar-refractivity contribution in [1.82, 2.24) is 25.1 Å². The van der Waals surface area contributed by atoms with Gasteiger partial charge in [0.1, 0.15) is 17.9 Å². The number of halogens is 2. The summed E-state index contributed by atoms with van der Waals surface area (Å²) in [5.74, 6) is 2.90. The van der Waals surface area contributed by atoms with Crippen LogP contribution in [-0.2, 0) is 6.54 Å². The molecule has 1 aliphatic heterocycles. The number of nitrogens with zero attached hydrogens (tertiary/aromatic N) is 5. The van der Waals surface area contributed by atoms with Crippen LogP contribution in [0.5, 0.6) is 0 Å². The molecule has 6 nitrogen and oxygen atoms in total. The number of fused-ring (bicyclic) bond motifs is 1. The highest BCUT2D eigenvalue weighted by Gasteiger charge is 2.56. The topological polar surface area (TPSA) is 58.9 Å². The van der Waals surface area contributed by atoms with Gasteiger partial charge in [-0.3, -0.25) is 0 Å². The first-order chi connectivity index (χ1) is 13.0. The lowest BCUT2D eigenvalue weighted by molar-refractivity contribution is -0.0533. The van der Waals surface area contributed by atoms with E-state index in [4.69, 9.17) is 0 Å². The van der Waals surface area contributed by atoms with Gasteiger partial charge in [0.25, 0.3) is 6.43 Å². The molecule has 0 spiro atoms. The summed E-state index contributed by atoms with van der Waals surface area (Å²) in [5.41, 5.74) is 1.46. The standard InChI is InChI=1S/C19H26F2N6/c1-12-2-13(6-23-19-3-14(4-19)5-19)10-26(9-12)17-8-22-15-7-24-27(11-16(20)21)18(15)25-17/h7-8,12-14,16,23H,2-6,9-11H2,1H3/t12-,13-,14?,19?/m1/s1. The summed E-state index contributed by atoms with van der Waals surface area (Å²) < 4.78 is 26.8. The molecule has 2 bridgehead atoms. The fourth-order valence-corrected chi connectivity index (χ4v) is 5.13. The fourth-order valence-electron chi connectivity index (χ4n) is 5.13. The summed E-state index contributed by atoms with van der Waals surface area (Å²) in [7, 11) is 0. The van der Waals surface area contributed by atoms with E-state index in [0.717, 1.165) is 31.4 Å². The first-order valence-electron chi connectivity index (χ1n) is 9.96. The van der Waals surface area contributed by atoms with Crippen molar-refractivity contribution in [2.75, 3.05) is 24.5 Å². The molecule has 0 unspecified atom stereocenters. The van der Waals surface area contributed by atoms with Crippen molar-refractivity contribution in [3.05, 3.63) is 12.4 Å². The molecule has 1 saturated heterocycles. The zero-order valence-corrected chi connectivity index (χ0v) is 15.6. The van der Waals surface area contributed by atoms with Crippen LogP contribution in [0.15, 0.2) is 12.4 Å². The average Bonchev–Trinajstić information content (AvgIpc) is 2.93. The van der Waals surface area contributed by atoms with Crippen molar-refractivity contribution >= 4 is 17.0 Å². The van der Waals surface area contributed by atoms with Gasteiger partial charge in [0, 0.05) is 25.2 Å². The Morgan fingerprint density at radius 3 is 2.78 bits per heavy atom. The summed E-state index contributed by atoms with van der Waals surface area (Å²) in [4.78, 5) is 11.3. The van der Waals surface area contributed by atoms with E-state index in [9.17, 15) is 8.78 Å². The molecule has 3 aliphatic carbocycles. The molecule has 0 aromatic carbocycles. The Kier molecular flexibility index (Phi) is 4.07. The quantitative estimate of drug-likeness (QED) is 0.840. The van der Waals surface area contributed by atoms with Crippen molar-refractivity contribution in [3.63, 3.8) is 0 Å². The summed E-state index contributed by atoms with van der Waals surface area (Å²) in [6.07, 6.45) is 6.08. The third kappa shape index (κ3) is 3.17. The average molecular weight is 376 g/mol. The highest BCUT2D eigenvalue weighted by molar-refractivity contribution is 5.71. The normalized spacial score (nSPS) is 32.6. The maximum atomic E-state index is 12.8. The highest BCUT2D eigenvalue weighted by atomic mass is 19.3. The van der Waals surface area contributed by atoms with E-state index in [1.165, 1.54) is 36.6 Å². The number of alkyl halides is 2. The summed E-state index contributed by atoms with van der Waals surface area (Å²) in [6.45, 7) is 4.72. The first-order valence-corrected chi connectivity index (χ1v) is 9.96. The van der Waals surface area contributed by atoms with Crippen molar-refractivity contribution in [1.29, 1.82) is 0 Å². The zero-order valence-electron chi connectivity index (χ0n) is 15.6. The Bertz CT molecular complexity index is 820. The van der Waals surface area contributed by atoms with Crippen LogP contribution < -0.4 is 10.2 Å². The Balaban J connectivity index is 1.31. The predicted molar refractivity (Wildman–Crippen MR) is 98.9 cm³/mol. The number of aromatic nitrogens is 4.